The molecule has 0 unspecified atom stereocenters. The average molecular weight is 405 g/mol. The molecule has 162 valence electrons. The molecule has 0 aliphatic heterocycles. The summed E-state index contributed by atoms with van der Waals surface area (Å²) in [6.07, 6.45) is 12.4. The zero-order valence-corrected chi connectivity index (χ0v) is 17.9. The highest BCUT2D eigenvalue weighted by Crippen LogP contribution is 2.67. The minimum Gasteiger partial charge on any atom is -0.359 e. The van der Waals surface area contributed by atoms with Crippen molar-refractivity contribution in [1.82, 2.24) is 0 Å². The van der Waals surface area contributed by atoms with Crippen LogP contribution >= 0.6 is 0 Å². The van der Waals surface area contributed by atoms with Crippen LogP contribution in [0.15, 0.2) is 11.6 Å². The molecule has 5 aliphatic rings. The van der Waals surface area contributed by atoms with Crippen LogP contribution in [0.2, 0.25) is 0 Å². The number of methoxy groups -OCH3 is 2. The van der Waals surface area contributed by atoms with Crippen LogP contribution in [-0.2, 0) is 23.7 Å². The van der Waals surface area contributed by atoms with Gasteiger partial charge in [0, 0.05) is 26.6 Å². The lowest BCUT2D eigenvalue weighted by atomic mass is 9.58. The van der Waals surface area contributed by atoms with Gasteiger partial charge in [0.2, 0.25) is 0 Å². The molecular weight excluding hydrogens is 368 g/mol. The summed E-state index contributed by atoms with van der Waals surface area (Å²) in [5.41, 5.74) is 1.18. The number of allylic oxidation sites excluding steroid dienone is 1. The van der Waals surface area contributed by atoms with E-state index in [1.807, 2.05) is 6.08 Å². The largest absolute Gasteiger partial charge is 0.359 e. The Bertz CT molecular complexity index is 660. The van der Waals surface area contributed by atoms with Crippen LogP contribution in [0, 0.1) is 35.5 Å². The molecule has 2 bridgehead atoms. The predicted octanol–water partition coefficient (Wildman–Crippen LogP) is 4.11. The van der Waals surface area contributed by atoms with Gasteiger partial charge in [-0.15, -0.1) is 0 Å². The maximum atomic E-state index is 12.2. The molecular formula is C24H36O5. The van der Waals surface area contributed by atoms with Crippen molar-refractivity contribution in [3.63, 3.8) is 0 Å². The molecule has 5 aliphatic carbocycles. The first-order chi connectivity index (χ1) is 14.2. The first kappa shape index (κ1) is 20.2. The molecule has 0 aromatic rings. The molecule has 5 rings (SSSR count). The maximum absolute atomic E-state index is 12.2. The van der Waals surface area contributed by atoms with Crippen molar-refractivity contribution >= 4 is 5.78 Å². The number of ketones is 1. The summed E-state index contributed by atoms with van der Waals surface area (Å²) in [5, 5.41) is 0. The zero-order chi connectivity index (χ0) is 20.0. The van der Waals surface area contributed by atoms with Gasteiger partial charge in [0.1, 0.15) is 13.6 Å². The SMILES string of the molecule is COCO[C@H]1C[C@H]2[C@H]([C@@H]3CC4=CC(=O)CC[C@@H]4[C@@]2(OCOC)C3)[C@H]2CCCC[C@@H]21. The lowest BCUT2D eigenvalue weighted by Gasteiger charge is -2.52. The van der Waals surface area contributed by atoms with E-state index in [-0.39, 0.29) is 11.7 Å². The Hall–Kier alpha value is -0.750. The Morgan fingerprint density at radius 1 is 1.07 bits per heavy atom. The number of carbonyl (C=O) groups is 1. The Morgan fingerprint density at radius 3 is 2.66 bits per heavy atom. The van der Waals surface area contributed by atoms with Crippen molar-refractivity contribution in [3.8, 4) is 0 Å². The smallest absolute Gasteiger partial charge is 0.155 e. The zero-order valence-electron chi connectivity index (χ0n) is 17.9. The first-order valence-electron chi connectivity index (χ1n) is 11.6. The van der Waals surface area contributed by atoms with Crippen LogP contribution in [0.4, 0.5) is 0 Å². The van der Waals surface area contributed by atoms with E-state index in [4.69, 9.17) is 18.9 Å². The topological polar surface area (TPSA) is 54.0 Å². The number of hydrogen-bond acceptors (Lipinski definition) is 5. The van der Waals surface area contributed by atoms with E-state index in [1.54, 1.807) is 14.2 Å². The molecule has 5 nitrogen and oxygen atoms in total. The lowest BCUT2D eigenvalue weighted by molar-refractivity contribution is -0.203. The molecule has 0 saturated heterocycles. The fraction of sp³-hybridized carbons (Fsp3) is 0.875. The van der Waals surface area contributed by atoms with Crippen molar-refractivity contribution < 1.29 is 23.7 Å². The van der Waals surface area contributed by atoms with Gasteiger partial charge < -0.3 is 18.9 Å². The second-order valence-corrected chi connectivity index (χ2v) is 10.1. The van der Waals surface area contributed by atoms with Gasteiger partial charge in [-0.25, -0.2) is 0 Å². The molecule has 4 fully saturated rings. The van der Waals surface area contributed by atoms with Gasteiger partial charge in [0.15, 0.2) is 5.78 Å². The monoisotopic (exact) mass is 404 g/mol. The van der Waals surface area contributed by atoms with E-state index < -0.39 is 0 Å². The molecule has 0 aromatic heterocycles. The standard InChI is InChI=1S/C24H36O5/c1-26-13-28-22-11-21-23(19-6-4-3-5-18(19)22)16-9-15-10-17(25)7-8-20(15)24(21,12-16)29-14-27-2/h10,16,18-23H,3-9,11-14H2,1-2H3/t16-,18+,19+,20+,21+,22+,23-,24+/m1/s1. The number of carbonyl (C=O) groups excluding carboxylic acids is 1. The minimum absolute atomic E-state index is 0.187. The van der Waals surface area contributed by atoms with Crippen LogP contribution in [0.3, 0.4) is 0 Å². The number of fused-ring (bicyclic) bond motifs is 9. The Morgan fingerprint density at radius 2 is 1.86 bits per heavy atom. The fourth-order valence-electron chi connectivity index (χ4n) is 8.21. The Labute approximate surface area is 174 Å². The van der Waals surface area contributed by atoms with Gasteiger partial charge in [-0.1, -0.05) is 18.4 Å². The van der Waals surface area contributed by atoms with Crippen molar-refractivity contribution in [2.45, 2.75) is 69.5 Å². The van der Waals surface area contributed by atoms with Crippen LogP contribution in [0.5, 0.6) is 0 Å². The summed E-state index contributed by atoms with van der Waals surface area (Å²) < 4.78 is 23.6. The molecule has 0 spiro atoms. The molecule has 29 heavy (non-hydrogen) atoms. The average Bonchev–Trinajstić information content (AvgIpc) is 2.99. The van der Waals surface area contributed by atoms with E-state index in [2.05, 4.69) is 0 Å². The van der Waals surface area contributed by atoms with Crippen molar-refractivity contribution in [1.29, 1.82) is 0 Å². The third-order valence-corrected chi connectivity index (χ3v) is 8.96. The summed E-state index contributed by atoms with van der Waals surface area (Å²) in [6, 6.07) is 0. The second kappa shape index (κ2) is 8.07. The van der Waals surface area contributed by atoms with Gasteiger partial charge in [0.05, 0.1) is 11.7 Å². The summed E-state index contributed by atoms with van der Waals surface area (Å²) in [4.78, 5) is 12.2. The van der Waals surface area contributed by atoms with E-state index >= 15 is 0 Å². The third kappa shape index (κ3) is 3.24. The minimum atomic E-state index is -0.187. The molecule has 4 saturated carbocycles. The molecule has 0 aromatic carbocycles. The van der Waals surface area contributed by atoms with E-state index in [0.717, 1.165) is 31.6 Å². The molecule has 0 N–H and O–H groups in total. The van der Waals surface area contributed by atoms with Gasteiger partial charge in [-0.3, -0.25) is 4.79 Å². The molecule has 0 radical (unpaired) electrons. The van der Waals surface area contributed by atoms with Crippen LogP contribution in [0.25, 0.3) is 0 Å². The van der Waals surface area contributed by atoms with Crippen molar-refractivity contribution in [2.24, 2.45) is 35.5 Å². The van der Waals surface area contributed by atoms with E-state index in [0.29, 0.717) is 55.4 Å². The molecule has 5 heteroatoms. The van der Waals surface area contributed by atoms with Crippen LogP contribution in [-0.4, -0.2) is 45.3 Å². The highest BCUT2D eigenvalue weighted by molar-refractivity contribution is 5.91. The Kier molecular flexibility index (Phi) is 5.61. The van der Waals surface area contributed by atoms with Gasteiger partial charge in [-0.05, 0) is 74.2 Å². The normalized spacial score (nSPS) is 45.9. The predicted molar refractivity (Wildman–Crippen MR) is 108 cm³/mol. The number of hydrogen-bond donors (Lipinski definition) is 0. The summed E-state index contributed by atoms with van der Waals surface area (Å²) in [5.74, 6) is 3.87. The molecule has 0 amide bonds. The first-order valence-corrected chi connectivity index (χ1v) is 11.6. The highest BCUT2D eigenvalue weighted by atomic mass is 16.7. The van der Waals surface area contributed by atoms with Gasteiger partial charge in [-0.2, -0.15) is 0 Å². The van der Waals surface area contributed by atoms with Crippen LogP contribution < -0.4 is 0 Å². The van der Waals surface area contributed by atoms with Crippen molar-refractivity contribution in [3.05, 3.63) is 11.6 Å². The summed E-state index contributed by atoms with van der Waals surface area (Å²) >= 11 is 0. The highest BCUT2D eigenvalue weighted by Gasteiger charge is 2.66. The third-order valence-electron chi connectivity index (χ3n) is 8.96. The van der Waals surface area contributed by atoms with Gasteiger partial charge >= 0.3 is 0 Å². The Balaban J connectivity index is 1.53. The summed E-state index contributed by atoms with van der Waals surface area (Å²) in [7, 11) is 3.43. The number of rotatable bonds is 6. The second-order valence-electron chi connectivity index (χ2n) is 10.1. The van der Waals surface area contributed by atoms with E-state index in [9.17, 15) is 4.79 Å². The number of ether oxygens (including phenoxy) is 4. The maximum Gasteiger partial charge on any atom is 0.155 e. The lowest BCUT2D eigenvalue weighted by Crippen LogP contribution is -2.53. The molecule has 0 heterocycles. The van der Waals surface area contributed by atoms with Gasteiger partial charge in [0.25, 0.3) is 0 Å². The fourth-order valence-corrected chi connectivity index (χ4v) is 8.21. The van der Waals surface area contributed by atoms with E-state index in [1.165, 1.54) is 31.3 Å². The van der Waals surface area contributed by atoms with Crippen LogP contribution in [0.1, 0.15) is 57.8 Å². The summed E-state index contributed by atoms with van der Waals surface area (Å²) in [6.45, 7) is 0.717. The van der Waals surface area contributed by atoms with Crippen molar-refractivity contribution in [2.75, 3.05) is 27.8 Å². The molecule has 8 atom stereocenters. The quantitative estimate of drug-likeness (QED) is 0.624.